The second kappa shape index (κ2) is 7.51. The normalized spacial score (nSPS) is 16.7. The third kappa shape index (κ3) is 4.76. The van der Waals surface area contributed by atoms with Crippen LogP contribution in [0.1, 0.15) is 24.1 Å². The first kappa shape index (κ1) is 13.5. The molecule has 0 bridgehead atoms. The maximum atomic E-state index is 11.5. The highest BCUT2D eigenvalue weighted by Crippen LogP contribution is 2.11. The summed E-state index contributed by atoms with van der Waals surface area (Å²) in [5, 5.41) is 5.25. The maximum absolute atomic E-state index is 11.5. The summed E-state index contributed by atoms with van der Waals surface area (Å²) in [4.78, 5) is 12.5. The Morgan fingerprint density at radius 3 is 3.00 bits per heavy atom. The summed E-state index contributed by atoms with van der Waals surface area (Å²) in [6.07, 6.45) is 2.71. The first-order chi connectivity index (χ1) is 8.84. The molecular formula is C13H19NO3S. The number of rotatable bonds is 6. The van der Waals surface area contributed by atoms with Gasteiger partial charge in [-0.05, 0) is 37.4 Å². The number of hydrogen-bond donors (Lipinski definition) is 1. The highest BCUT2D eigenvalue weighted by atomic mass is 32.1. The van der Waals surface area contributed by atoms with Gasteiger partial charge >= 0.3 is 5.97 Å². The standard InChI is InChI=1S/C13H19NO3S/c15-13(17-10-12-2-1-9-18-12)5-8-16-11-3-6-14-7-4-11/h1-2,9,11,14H,3-8,10H2. The van der Waals surface area contributed by atoms with Gasteiger partial charge in [0.2, 0.25) is 0 Å². The molecule has 0 spiro atoms. The van der Waals surface area contributed by atoms with Crippen LogP contribution >= 0.6 is 11.3 Å². The third-order valence-corrected chi connectivity index (χ3v) is 3.75. The molecule has 0 amide bonds. The zero-order chi connectivity index (χ0) is 12.6. The Labute approximate surface area is 111 Å². The van der Waals surface area contributed by atoms with Crippen LogP contribution in [0.2, 0.25) is 0 Å². The van der Waals surface area contributed by atoms with Crippen LogP contribution in [-0.4, -0.2) is 31.8 Å². The smallest absolute Gasteiger partial charge is 0.308 e. The molecule has 1 fully saturated rings. The summed E-state index contributed by atoms with van der Waals surface area (Å²) < 4.78 is 10.8. The minimum absolute atomic E-state index is 0.183. The second-order valence-electron chi connectivity index (χ2n) is 4.31. The summed E-state index contributed by atoms with van der Waals surface area (Å²) in [7, 11) is 0. The molecule has 1 aromatic heterocycles. The number of hydrogen-bond acceptors (Lipinski definition) is 5. The fourth-order valence-corrected chi connectivity index (χ4v) is 2.51. The molecule has 18 heavy (non-hydrogen) atoms. The molecule has 0 aliphatic carbocycles. The number of thiophene rings is 1. The van der Waals surface area contributed by atoms with Gasteiger partial charge in [0.05, 0.1) is 19.1 Å². The molecule has 0 radical (unpaired) electrons. The summed E-state index contributed by atoms with van der Waals surface area (Å²) in [6, 6.07) is 3.91. The third-order valence-electron chi connectivity index (χ3n) is 2.90. The van der Waals surface area contributed by atoms with Gasteiger partial charge in [-0.2, -0.15) is 0 Å². The van der Waals surface area contributed by atoms with E-state index in [0.717, 1.165) is 30.8 Å². The van der Waals surface area contributed by atoms with Gasteiger partial charge in [0.1, 0.15) is 6.61 Å². The quantitative estimate of drug-likeness (QED) is 0.802. The van der Waals surface area contributed by atoms with Crippen LogP contribution in [0.3, 0.4) is 0 Å². The van der Waals surface area contributed by atoms with E-state index in [1.165, 1.54) is 0 Å². The fraction of sp³-hybridized carbons (Fsp3) is 0.615. The van der Waals surface area contributed by atoms with Crippen LogP contribution in [0.15, 0.2) is 17.5 Å². The van der Waals surface area contributed by atoms with Gasteiger partial charge in [0.25, 0.3) is 0 Å². The molecule has 0 saturated carbocycles. The average Bonchev–Trinajstić information content (AvgIpc) is 2.91. The number of carbonyl (C=O) groups excluding carboxylic acids is 1. The monoisotopic (exact) mass is 269 g/mol. The molecule has 100 valence electrons. The van der Waals surface area contributed by atoms with E-state index in [9.17, 15) is 4.79 Å². The molecule has 0 atom stereocenters. The van der Waals surface area contributed by atoms with Gasteiger partial charge in [0, 0.05) is 4.88 Å². The average molecular weight is 269 g/mol. The zero-order valence-electron chi connectivity index (χ0n) is 10.4. The lowest BCUT2D eigenvalue weighted by Gasteiger charge is -2.22. The van der Waals surface area contributed by atoms with E-state index >= 15 is 0 Å². The molecular weight excluding hydrogens is 250 g/mol. The van der Waals surface area contributed by atoms with E-state index in [0.29, 0.717) is 25.7 Å². The SMILES string of the molecule is O=C(CCOC1CCNCC1)OCc1cccs1. The Bertz CT molecular complexity index is 347. The minimum atomic E-state index is -0.183. The number of nitrogens with one attached hydrogen (secondary N) is 1. The first-order valence-corrected chi connectivity index (χ1v) is 7.23. The minimum Gasteiger partial charge on any atom is -0.460 e. The molecule has 2 heterocycles. The summed E-state index contributed by atoms with van der Waals surface area (Å²) in [5.41, 5.74) is 0. The second-order valence-corrected chi connectivity index (χ2v) is 5.34. The molecule has 5 heteroatoms. The molecule has 1 aliphatic rings. The van der Waals surface area contributed by atoms with Gasteiger partial charge < -0.3 is 14.8 Å². The molecule has 1 saturated heterocycles. The van der Waals surface area contributed by atoms with E-state index in [4.69, 9.17) is 9.47 Å². The summed E-state index contributed by atoms with van der Waals surface area (Å²) in [6.45, 7) is 2.86. The van der Waals surface area contributed by atoms with E-state index in [2.05, 4.69) is 5.32 Å². The maximum Gasteiger partial charge on any atom is 0.308 e. The van der Waals surface area contributed by atoms with Crippen LogP contribution in [0, 0.1) is 0 Å². The van der Waals surface area contributed by atoms with E-state index in [1.807, 2.05) is 17.5 Å². The largest absolute Gasteiger partial charge is 0.460 e. The van der Waals surface area contributed by atoms with E-state index in [1.54, 1.807) is 11.3 Å². The Morgan fingerprint density at radius 2 is 2.28 bits per heavy atom. The molecule has 1 aromatic rings. The van der Waals surface area contributed by atoms with Crippen molar-refractivity contribution in [3.05, 3.63) is 22.4 Å². The number of piperidine rings is 1. The molecule has 1 aliphatic heterocycles. The molecule has 4 nitrogen and oxygen atoms in total. The van der Waals surface area contributed by atoms with Crippen LogP contribution in [0.25, 0.3) is 0 Å². The van der Waals surface area contributed by atoms with Crippen molar-refractivity contribution in [2.75, 3.05) is 19.7 Å². The van der Waals surface area contributed by atoms with Crippen LogP contribution in [0.5, 0.6) is 0 Å². The topological polar surface area (TPSA) is 47.6 Å². The predicted octanol–water partition coefficient (Wildman–Crippen LogP) is 1.95. The highest BCUT2D eigenvalue weighted by molar-refractivity contribution is 7.09. The van der Waals surface area contributed by atoms with Gasteiger partial charge in [-0.25, -0.2) is 0 Å². The molecule has 2 rings (SSSR count). The van der Waals surface area contributed by atoms with Crippen molar-refractivity contribution >= 4 is 17.3 Å². The van der Waals surface area contributed by atoms with Crippen molar-refractivity contribution < 1.29 is 14.3 Å². The van der Waals surface area contributed by atoms with Gasteiger partial charge in [0.15, 0.2) is 0 Å². The predicted molar refractivity (Wildman–Crippen MR) is 70.6 cm³/mol. The molecule has 0 unspecified atom stereocenters. The Kier molecular flexibility index (Phi) is 5.64. The van der Waals surface area contributed by atoms with Crippen molar-refractivity contribution in [2.45, 2.75) is 32.0 Å². The van der Waals surface area contributed by atoms with Crippen LogP contribution in [0.4, 0.5) is 0 Å². The first-order valence-electron chi connectivity index (χ1n) is 6.35. The lowest BCUT2D eigenvalue weighted by Crippen LogP contribution is -2.32. The molecule has 0 aromatic carbocycles. The van der Waals surface area contributed by atoms with Crippen molar-refractivity contribution in [3.63, 3.8) is 0 Å². The highest BCUT2D eigenvalue weighted by Gasteiger charge is 2.13. The molecule has 1 N–H and O–H groups in total. The summed E-state index contributed by atoms with van der Waals surface area (Å²) >= 11 is 1.60. The number of carbonyl (C=O) groups is 1. The van der Waals surface area contributed by atoms with Crippen molar-refractivity contribution in [2.24, 2.45) is 0 Å². The van der Waals surface area contributed by atoms with Gasteiger partial charge in [-0.15, -0.1) is 11.3 Å². The van der Waals surface area contributed by atoms with Crippen molar-refractivity contribution in [3.8, 4) is 0 Å². The van der Waals surface area contributed by atoms with Gasteiger partial charge in [-0.1, -0.05) is 6.07 Å². The zero-order valence-corrected chi connectivity index (χ0v) is 11.2. The summed E-state index contributed by atoms with van der Waals surface area (Å²) in [5.74, 6) is -0.183. The van der Waals surface area contributed by atoms with E-state index in [-0.39, 0.29) is 5.97 Å². The van der Waals surface area contributed by atoms with Crippen LogP contribution in [-0.2, 0) is 20.9 Å². The Balaban J connectivity index is 1.54. The Morgan fingerprint density at radius 1 is 1.44 bits per heavy atom. The van der Waals surface area contributed by atoms with Gasteiger partial charge in [-0.3, -0.25) is 4.79 Å². The van der Waals surface area contributed by atoms with Crippen molar-refractivity contribution in [1.82, 2.24) is 5.32 Å². The lowest BCUT2D eigenvalue weighted by molar-refractivity contribution is -0.146. The number of ether oxygens (including phenoxy) is 2. The fourth-order valence-electron chi connectivity index (χ4n) is 1.89. The Hall–Kier alpha value is -0.910. The van der Waals surface area contributed by atoms with Crippen molar-refractivity contribution in [1.29, 1.82) is 0 Å². The van der Waals surface area contributed by atoms with E-state index < -0.39 is 0 Å². The number of esters is 1. The van der Waals surface area contributed by atoms with Crippen LogP contribution < -0.4 is 5.32 Å². The lowest BCUT2D eigenvalue weighted by atomic mass is 10.1.